The zero-order valence-electron chi connectivity index (χ0n) is 16.5. The van der Waals surface area contributed by atoms with Crippen molar-refractivity contribution in [3.63, 3.8) is 0 Å². The molecule has 1 amide bonds. The van der Waals surface area contributed by atoms with Crippen LogP contribution >= 0.6 is 11.3 Å². The Balaban J connectivity index is 1.44. The second-order valence-electron chi connectivity index (χ2n) is 7.07. The van der Waals surface area contributed by atoms with E-state index in [0.29, 0.717) is 11.7 Å². The molecule has 1 aliphatic heterocycles. The standard InChI is InChI=1S/C23H25N3O2S/c1-2-28-21-13-7-6-11-18(21)19-16-29-23(24-19)25-22(27)20-12-8-14-26(20)15-17-9-4-3-5-10-17/h3-7,9-11,13,16,20H,2,8,12,14-15H2,1H3,(H,24,25,27). The normalized spacial score (nSPS) is 16.7. The first-order chi connectivity index (χ1) is 14.2. The maximum Gasteiger partial charge on any atom is 0.243 e. The SMILES string of the molecule is CCOc1ccccc1-c1csc(NC(=O)C2CCCN2Cc2ccccc2)n1. The van der Waals surface area contributed by atoms with E-state index in [-0.39, 0.29) is 11.9 Å². The van der Waals surface area contributed by atoms with Crippen molar-refractivity contribution in [2.45, 2.75) is 32.4 Å². The Morgan fingerprint density at radius 2 is 2.00 bits per heavy atom. The van der Waals surface area contributed by atoms with E-state index < -0.39 is 0 Å². The molecule has 2 heterocycles. The van der Waals surface area contributed by atoms with E-state index in [4.69, 9.17) is 4.74 Å². The zero-order valence-corrected chi connectivity index (χ0v) is 17.3. The van der Waals surface area contributed by atoms with Crippen LogP contribution in [0, 0.1) is 0 Å². The molecule has 4 rings (SSSR count). The number of amides is 1. The Labute approximate surface area is 175 Å². The van der Waals surface area contributed by atoms with Crippen LogP contribution in [0.5, 0.6) is 5.75 Å². The van der Waals surface area contributed by atoms with E-state index >= 15 is 0 Å². The molecule has 1 fully saturated rings. The summed E-state index contributed by atoms with van der Waals surface area (Å²) in [6.07, 6.45) is 1.92. The summed E-state index contributed by atoms with van der Waals surface area (Å²) in [5.74, 6) is 0.834. The monoisotopic (exact) mass is 407 g/mol. The van der Waals surface area contributed by atoms with Crippen molar-refractivity contribution in [2.75, 3.05) is 18.5 Å². The zero-order chi connectivity index (χ0) is 20.1. The fourth-order valence-corrected chi connectivity index (χ4v) is 4.45. The molecule has 0 bridgehead atoms. The molecule has 1 unspecified atom stereocenters. The van der Waals surface area contributed by atoms with Crippen LogP contribution in [0.2, 0.25) is 0 Å². The number of carbonyl (C=O) groups excluding carboxylic acids is 1. The number of benzene rings is 2. The van der Waals surface area contributed by atoms with Gasteiger partial charge in [-0.15, -0.1) is 11.3 Å². The van der Waals surface area contributed by atoms with Gasteiger partial charge >= 0.3 is 0 Å². The fraction of sp³-hybridized carbons (Fsp3) is 0.304. The van der Waals surface area contributed by atoms with Crippen molar-refractivity contribution >= 4 is 22.4 Å². The quantitative estimate of drug-likeness (QED) is 0.611. The number of hydrogen-bond donors (Lipinski definition) is 1. The first-order valence-corrected chi connectivity index (χ1v) is 10.9. The summed E-state index contributed by atoms with van der Waals surface area (Å²) in [5, 5.41) is 5.62. The van der Waals surface area contributed by atoms with Gasteiger partial charge in [0.05, 0.1) is 18.3 Å². The molecule has 1 atom stereocenters. The number of hydrogen-bond acceptors (Lipinski definition) is 5. The molecule has 150 valence electrons. The average molecular weight is 408 g/mol. The molecule has 29 heavy (non-hydrogen) atoms. The summed E-state index contributed by atoms with van der Waals surface area (Å²) in [6.45, 7) is 4.30. The van der Waals surface area contributed by atoms with Gasteiger partial charge in [-0.05, 0) is 44.0 Å². The van der Waals surface area contributed by atoms with Crippen molar-refractivity contribution in [1.82, 2.24) is 9.88 Å². The largest absolute Gasteiger partial charge is 0.493 e. The maximum atomic E-state index is 12.9. The average Bonchev–Trinajstić information content (AvgIpc) is 3.39. The number of para-hydroxylation sites is 1. The molecule has 0 radical (unpaired) electrons. The molecule has 3 aromatic rings. The van der Waals surface area contributed by atoms with Crippen molar-refractivity contribution in [2.24, 2.45) is 0 Å². The maximum absolute atomic E-state index is 12.9. The summed E-state index contributed by atoms with van der Waals surface area (Å²) < 4.78 is 5.70. The molecular formula is C23H25N3O2S. The van der Waals surface area contributed by atoms with Gasteiger partial charge in [0.2, 0.25) is 5.91 Å². The summed E-state index contributed by atoms with van der Waals surface area (Å²) in [4.78, 5) is 19.8. The van der Waals surface area contributed by atoms with Gasteiger partial charge in [0.15, 0.2) is 5.13 Å². The van der Waals surface area contributed by atoms with E-state index in [1.54, 1.807) is 0 Å². The Morgan fingerprint density at radius 3 is 2.83 bits per heavy atom. The summed E-state index contributed by atoms with van der Waals surface area (Å²) in [5.41, 5.74) is 3.00. The third kappa shape index (κ3) is 4.66. The van der Waals surface area contributed by atoms with Crippen molar-refractivity contribution in [3.8, 4) is 17.0 Å². The molecule has 1 N–H and O–H groups in total. The smallest absolute Gasteiger partial charge is 0.243 e. The van der Waals surface area contributed by atoms with Crippen LogP contribution in [0.15, 0.2) is 60.0 Å². The number of carbonyl (C=O) groups is 1. The van der Waals surface area contributed by atoms with E-state index in [9.17, 15) is 4.79 Å². The van der Waals surface area contributed by atoms with Gasteiger partial charge in [0.1, 0.15) is 5.75 Å². The minimum Gasteiger partial charge on any atom is -0.493 e. The molecule has 5 nitrogen and oxygen atoms in total. The van der Waals surface area contributed by atoms with E-state index in [2.05, 4.69) is 27.3 Å². The molecule has 1 aromatic heterocycles. The van der Waals surface area contributed by atoms with Gasteiger partial charge in [0.25, 0.3) is 0 Å². The molecule has 6 heteroatoms. The molecule has 1 saturated heterocycles. The van der Waals surface area contributed by atoms with Crippen LogP contribution < -0.4 is 10.1 Å². The van der Waals surface area contributed by atoms with Gasteiger partial charge in [-0.2, -0.15) is 0 Å². The highest BCUT2D eigenvalue weighted by Crippen LogP contribution is 2.32. The summed E-state index contributed by atoms with van der Waals surface area (Å²) in [7, 11) is 0. The highest BCUT2D eigenvalue weighted by Gasteiger charge is 2.31. The van der Waals surface area contributed by atoms with Crippen LogP contribution in [0.3, 0.4) is 0 Å². The predicted molar refractivity (Wildman–Crippen MR) is 117 cm³/mol. The predicted octanol–water partition coefficient (Wildman–Crippen LogP) is 4.81. The topological polar surface area (TPSA) is 54.5 Å². The first kappa shape index (κ1) is 19.6. The van der Waals surface area contributed by atoms with Crippen LogP contribution in [0.1, 0.15) is 25.3 Å². The van der Waals surface area contributed by atoms with E-state index in [0.717, 1.165) is 42.9 Å². The van der Waals surface area contributed by atoms with Crippen molar-refractivity contribution in [3.05, 3.63) is 65.5 Å². The molecule has 2 aromatic carbocycles. The molecule has 0 aliphatic carbocycles. The number of nitrogens with zero attached hydrogens (tertiary/aromatic N) is 2. The lowest BCUT2D eigenvalue weighted by molar-refractivity contribution is -0.120. The minimum atomic E-state index is -0.113. The highest BCUT2D eigenvalue weighted by atomic mass is 32.1. The highest BCUT2D eigenvalue weighted by molar-refractivity contribution is 7.14. The lowest BCUT2D eigenvalue weighted by Gasteiger charge is -2.23. The summed E-state index contributed by atoms with van der Waals surface area (Å²) in [6, 6.07) is 18.0. The Kier molecular flexibility index (Phi) is 6.22. The van der Waals surface area contributed by atoms with Crippen LogP contribution in [0.4, 0.5) is 5.13 Å². The van der Waals surface area contributed by atoms with Crippen LogP contribution in [-0.2, 0) is 11.3 Å². The molecular weight excluding hydrogens is 382 g/mol. The number of ether oxygens (including phenoxy) is 1. The summed E-state index contributed by atoms with van der Waals surface area (Å²) >= 11 is 1.45. The van der Waals surface area contributed by atoms with Gasteiger partial charge in [0, 0.05) is 17.5 Å². The number of anilines is 1. The number of thiazole rings is 1. The minimum absolute atomic E-state index is 0.0254. The van der Waals surface area contributed by atoms with Gasteiger partial charge in [-0.25, -0.2) is 4.98 Å². The number of nitrogens with one attached hydrogen (secondary N) is 1. The number of aromatic nitrogens is 1. The van der Waals surface area contributed by atoms with Crippen LogP contribution in [0.25, 0.3) is 11.3 Å². The Bertz CT molecular complexity index is 958. The second-order valence-corrected chi connectivity index (χ2v) is 7.93. The molecule has 1 aliphatic rings. The van der Waals surface area contributed by atoms with Gasteiger partial charge < -0.3 is 10.1 Å². The third-order valence-electron chi connectivity index (χ3n) is 5.09. The molecule has 0 spiro atoms. The van der Waals surface area contributed by atoms with E-state index in [1.165, 1.54) is 16.9 Å². The number of likely N-dealkylation sites (tertiary alicyclic amines) is 1. The second kappa shape index (κ2) is 9.20. The number of rotatable bonds is 7. The molecule has 0 saturated carbocycles. The van der Waals surface area contributed by atoms with Crippen molar-refractivity contribution < 1.29 is 9.53 Å². The van der Waals surface area contributed by atoms with Crippen molar-refractivity contribution in [1.29, 1.82) is 0 Å². The van der Waals surface area contributed by atoms with Gasteiger partial charge in [-0.1, -0.05) is 42.5 Å². The fourth-order valence-electron chi connectivity index (χ4n) is 3.73. The van der Waals surface area contributed by atoms with Gasteiger partial charge in [-0.3, -0.25) is 9.69 Å². The van der Waals surface area contributed by atoms with Crippen LogP contribution in [-0.4, -0.2) is 35.0 Å². The third-order valence-corrected chi connectivity index (χ3v) is 5.85. The first-order valence-electron chi connectivity index (χ1n) is 10.0. The van der Waals surface area contributed by atoms with E-state index in [1.807, 2.05) is 54.8 Å². The Morgan fingerprint density at radius 1 is 1.21 bits per heavy atom. The Hall–Kier alpha value is -2.70. The lowest BCUT2D eigenvalue weighted by atomic mass is 10.1. The lowest BCUT2D eigenvalue weighted by Crippen LogP contribution is -2.39.